The second-order valence-electron chi connectivity index (χ2n) is 2.74. The molecule has 3 heteroatoms. The number of hydrogen-bond donors (Lipinski definition) is 1. The Morgan fingerprint density at radius 1 is 1.67 bits per heavy atom. The van der Waals surface area contributed by atoms with E-state index in [0.717, 1.165) is 13.1 Å². The maximum atomic E-state index is 13.1. The molecule has 0 amide bonds. The van der Waals surface area contributed by atoms with Crippen LogP contribution in [0.25, 0.3) is 0 Å². The standard InChI is InChI=1S/C6H13FN2/c1-6(7)5-8-3-4-9(6)2/h8H,3-5H2,1-2H3. The molecule has 1 heterocycles. The number of rotatable bonds is 0. The van der Waals surface area contributed by atoms with Gasteiger partial charge in [-0.05, 0) is 14.0 Å². The van der Waals surface area contributed by atoms with Crippen molar-refractivity contribution in [3.8, 4) is 0 Å². The summed E-state index contributed by atoms with van der Waals surface area (Å²) in [5.41, 5.74) is 0. The Balaban J connectivity index is 2.49. The average Bonchev–Trinajstić information content (AvgIpc) is 1.77. The van der Waals surface area contributed by atoms with E-state index in [4.69, 9.17) is 0 Å². The zero-order chi connectivity index (χ0) is 6.91. The molecule has 1 fully saturated rings. The Labute approximate surface area is 55.0 Å². The molecule has 0 aromatic heterocycles. The summed E-state index contributed by atoms with van der Waals surface area (Å²) < 4.78 is 13.1. The van der Waals surface area contributed by atoms with Crippen LogP contribution in [0.4, 0.5) is 4.39 Å². The van der Waals surface area contributed by atoms with Crippen molar-refractivity contribution in [1.29, 1.82) is 0 Å². The number of nitrogens with one attached hydrogen (secondary N) is 1. The molecule has 1 aliphatic rings. The predicted molar refractivity (Wildman–Crippen MR) is 35.0 cm³/mol. The average molecular weight is 132 g/mol. The van der Waals surface area contributed by atoms with Gasteiger partial charge in [-0.1, -0.05) is 0 Å². The normalized spacial score (nSPS) is 39.0. The van der Waals surface area contributed by atoms with Crippen LogP contribution < -0.4 is 5.32 Å². The van der Waals surface area contributed by atoms with Crippen LogP contribution in [-0.4, -0.2) is 37.4 Å². The lowest BCUT2D eigenvalue weighted by Crippen LogP contribution is -2.55. The van der Waals surface area contributed by atoms with Crippen LogP contribution in [0.1, 0.15) is 6.92 Å². The summed E-state index contributed by atoms with van der Waals surface area (Å²) in [4.78, 5) is 1.73. The molecule has 0 saturated carbocycles. The van der Waals surface area contributed by atoms with E-state index in [9.17, 15) is 4.39 Å². The third kappa shape index (κ3) is 1.40. The predicted octanol–water partition coefficient (Wildman–Crippen LogP) is 0.207. The first-order chi connectivity index (χ1) is 4.13. The maximum absolute atomic E-state index is 13.1. The highest BCUT2D eigenvalue weighted by molar-refractivity contribution is 4.80. The van der Waals surface area contributed by atoms with Crippen LogP contribution in [0, 0.1) is 0 Å². The van der Waals surface area contributed by atoms with Gasteiger partial charge in [0, 0.05) is 19.6 Å². The zero-order valence-electron chi connectivity index (χ0n) is 5.95. The number of piperazine rings is 1. The molecule has 0 radical (unpaired) electrons. The molecule has 0 spiro atoms. The van der Waals surface area contributed by atoms with Crippen molar-refractivity contribution in [1.82, 2.24) is 10.2 Å². The Hall–Kier alpha value is -0.150. The van der Waals surface area contributed by atoms with E-state index < -0.39 is 5.79 Å². The molecule has 0 aromatic rings. The molecule has 9 heavy (non-hydrogen) atoms. The van der Waals surface area contributed by atoms with Crippen molar-refractivity contribution in [2.45, 2.75) is 12.7 Å². The van der Waals surface area contributed by atoms with Crippen molar-refractivity contribution in [2.75, 3.05) is 26.7 Å². The van der Waals surface area contributed by atoms with Crippen molar-refractivity contribution in [2.24, 2.45) is 0 Å². The van der Waals surface area contributed by atoms with Gasteiger partial charge in [0.2, 0.25) is 0 Å². The summed E-state index contributed by atoms with van der Waals surface area (Å²) in [6.45, 7) is 3.74. The van der Waals surface area contributed by atoms with Crippen molar-refractivity contribution in [3.05, 3.63) is 0 Å². The van der Waals surface area contributed by atoms with Crippen LogP contribution >= 0.6 is 0 Å². The van der Waals surface area contributed by atoms with E-state index in [1.165, 1.54) is 0 Å². The summed E-state index contributed by atoms with van der Waals surface area (Å²) in [7, 11) is 1.81. The van der Waals surface area contributed by atoms with Gasteiger partial charge >= 0.3 is 0 Å². The quantitative estimate of drug-likeness (QED) is 0.474. The minimum Gasteiger partial charge on any atom is -0.311 e. The van der Waals surface area contributed by atoms with Gasteiger partial charge in [0.05, 0.1) is 0 Å². The molecule has 1 saturated heterocycles. The smallest absolute Gasteiger partial charge is 0.173 e. The molecule has 1 aliphatic heterocycles. The van der Waals surface area contributed by atoms with Gasteiger partial charge in [-0.15, -0.1) is 0 Å². The minimum atomic E-state index is -1.14. The zero-order valence-corrected chi connectivity index (χ0v) is 5.95. The number of halogens is 1. The Kier molecular flexibility index (Phi) is 1.73. The first-order valence-corrected chi connectivity index (χ1v) is 3.24. The van der Waals surface area contributed by atoms with Crippen LogP contribution in [0.5, 0.6) is 0 Å². The SMILES string of the molecule is CN1CCNCC1(C)F. The van der Waals surface area contributed by atoms with Gasteiger partial charge in [0.15, 0.2) is 5.79 Å². The van der Waals surface area contributed by atoms with Gasteiger partial charge in [0.1, 0.15) is 0 Å². The molecule has 1 atom stereocenters. The van der Waals surface area contributed by atoms with E-state index in [2.05, 4.69) is 5.32 Å². The molecule has 54 valence electrons. The molecule has 0 aliphatic carbocycles. The second-order valence-corrected chi connectivity index (χ2v) is 2.74. The van der Waals surface area contributed by atoms with Crippen molar-refractivity contribution in [3.63, 3.8) is 0 Å². The third-order valence-electron chi connectivity index (χ3n) is 1.87. The molecule has 1 rings (SSSR count). The molecular formula is C6H13FN2. The van der Waals surface area contributed by atoms with Gasteiger partial charge in [-0.2, -0.15) is 0 Å². The highest BCUT2D eigenvalue weighted by Gasteiger charge is 2.30. The van der Waals surface area contributed by atoms with Crippen LogP contribution in [0.2, 0.25) is 0 Å². The number of alkyl halides is 1. The molecular weight excluding hydrogens is 119 g/mol. The van der Waals surface area contributed by atoms with E-state index in [-0.39, 0.29) is 0 Å². The van der Waals surface area contributed by atoms with Crippen LogP contribution in [0.15, 0.2) is 0 Å². The number of nitrogens with zero attached hydrogens (tertiary/aromatic N) is 1. The Bertz CT molecular complexity index is 103. The molecule has 0 aromatic carbocycles. The van der Waals surface area contributed by atoms with E-state index in [0.29, 0.717) is 6.54 Å². The lowest BCUT2D eigenvalue weighted by Gasteiger charge is -2.36. The maximum Gasteiger partial charge on any atom is 0.173 e. The largest absolute Gasteiger partial charge is 0.311 e. The van der Waals surface area contributed by atoms with Crippen molar-refractivity contribution < 1.29 is 4.39 Å². The number of hydrogen-bond acceptors (Lipinski definition) is 2. The summed E-state index contributed by atoms with van der Waals surface area (Å²) in [6.07, 6.45) is 0. The fraction of sp³-hybridized carbons (Fsp3) is 1.00. The summed E-state index contributed by atoms with van der Waals surface area (Å²) in [6, 6.07) is 0. The summed E-state index contributed by atoms with van der Waals surface area (Å²) >= 11 is 0. The lowest BCUT2D eigenvalue weighted by atomic mass is 10.2. The summed E-state index contributed by atoms with van der Waals surface area (Å²) in [5, 5.41) is 2.99. The van der Waals surface area contributed by atoms with E-state index >= 15 is 0 Å². The first kappa shape index (κ1) is 6.96. The van der Waals surface area contributed by atoms with Crippen molar-refractivity contribution >= 4 is 0 Å². The van der Waals surface area contributed by atoms with E-state index in [1.807, 2.05) is 0 Å². The topological polar surface area (TPSA) is 15.3 Å². The summed E-state index contributed by atoms with van der Waals surface area (Å²) in [5.74, 6) is -1.14. The second kappa shape index (κ2) is 2.23. The number of likely N-dealkylation sites (N-methyl/N-ethyl adjacent to an activating group) is 1. The van der Waals surface area contributed by atoms with Crippen LogP contribution in [0.3, 0.4) is 0 Å². The molecule has 1 unspecified atom stereocenters. The first-order valence-electron chi connectivity index (χ1n) is 3.24. The minimum absolute atomic E-state index is 0.448. The Morgan fingerprint density at radius 3 is 2.67 bits per heavy atom. The van der Waals surface area contributed by atoms with Gasteiger partial charge in [-0.3, -0.25) is 4.90 Å². The molecule has 0 bridgehead atoms. The van der Waals surface area contributed by atoms with Gasteiger partial charge < -0.3 is 5.32 Å². The Morgan fingerprint density at radius 2 is 2.33 bits per heavy atom. The molecule has 1 N–H and O–H groups in total. The van der Waals surface area contributed by atoms with Gasteiger partial charge in [0.25, 0.3) is 0 Å². The van der Waals surface area contributed by atoms with Crippen LogP contribution in [-0.2, 0) is 0 Å². The highest BCUT2D eigenvalue weighted by atomic mass is 19.1. The lowest BCUT2D eigenvalue weighted by molar-refractivity contribution is -0.0167. The third-order valence-corrected chi connectivity index (χ3v) is 1.87. The van der Waals surface area contributed by atoms with E-state index in [1.54, 1.807) is 18.9 Å². The fourth-order valence-electron chi connectivity index (χ4n) is 0.931. The fourth-order valence-corrected chi connectivity index (χ4v) is 0.931. The van der Waals surface area contributed by atoms with Gasteiger partial charge in [-0.25, -0.2) is 4.39 Å². The molecule has 2 nitrogen and oxygen atoms in total. The monoisotopic (exact) mass is 132 g/mol. The highest BCUT2D eigenvalue weighted by Crippen LogP contribution is 2.15.